The van der Waals surface area contributed by atoms with E-state index in [1.54, 1.807) is 13.2 Å². The molecule has 4 aliphatic heterocycles. The van der Waals surface area contributed by atoms with E-state index in [4.69, 9.17) is 19.2 Å². The number of carbonyl (C=O) groups excluding carboxylic acids is 1. The Morgan fingerprint density at radius 2 is 1.81 bits per heavy atom. The third kappa shape index (κ3) is 8.38. The molecule has 0 bridgehead atoms. The summed E-state index contributed by atoms with van der Waals surface area (Å²) in [4.78, 5) is 41.1. The van der Waals surface area contributed by atoms with Crippen molar-refractivity contribution in [3.8, 4) is 5.88 Å². The largest absolute Gasteiger partial charge is 0.468 e. The number of rotatable bonds is 13. The fourth-order valence-corrected chi connectivity index (χ4v) is 13.3. The number of nitrogens with one attached hydrogen (secondary N) is 3. The van der Waals surface area contributed by atoms with E-state index in [1.165, 1.54) is 36.1 Å². The maximum atomic E-state index is 14.6. The van der Waals surface area contributed by atoms with Crippen molar-refractivity contribution >= 4 is 55.4 Å². The monoisotopic (exact) mass is 958 g/mol. The van der Waals surface area contributed by atoms with Gasteiger partial charge in [-0.3, -0.25) is 19.8 Å². The number of nitrogens with zero attached hydrogens (tertiary/aromatic N) is 5. The number of aromatic amines is 1. The molecule has 0 radical (unpaired) electrons. The predicted molar refractivity (Wildman–Crippen MR) is 264 cm³/mol. The van der Waals surface area contributed by atoms with Crippen LogP contribution in [0.15, 0.2) is 83.9 Å². The zero-order valence-electron chi connectivity index (χ0n) is 39.8. The topological polar surface area (TPSA) is 184 Å². The van der Waals surface area contributed by atoms with Crippen LogP contribution in [0.1, 0.15) is 106 Å². The molecule has 2 saturated carbocycles. The molecule has 3 atom stereocenters. The zero-order valence-corrected chi connectivity index (χ0v) is 40.6. The molecule has 2 aliphatic carbocycles. The van der Waals surface area contributed by atoms with E-state index >= 15 is 0 Å². The number of ether oxygens (including phenoxy) is 3. The van der Waals surface area contributed by atoms with Crippen LogP contribution in [0, 0.1) is 21.4 Å². The van der Waals surface area contributed by atoms with E-state index in [9.17, 15) is 23.3 Å². The molecule has 16 nitrogen and oxygen atoms in total. The lowest BCUT2D eigenvalue weighted by Gasteiger charge is -2.62. The maximum Gasteiger partial charge on any atom is 0.293 e. The van der Waals surface area contributed by atoms with Crippen LogP contribution in [0.5, 0.6) is 5.88 Å². The van der Waals surface area contributed by atoms with Gasteiger partial charge in [-0.15, -0.1) is 0 Å². The van der Waals surface area contributed by atoms with Crippen LogP contribution in [-0.4, -0.2) is 104 Å². The molecule has 1 amide bonds. The summed E-state index contributed by atoms with van der Waals surface area (Å²) in [5.41, 5.74) is 5.57. The Labute approximate surface area is 403 Å². The van der Waals surface area contributed by atoms with Gasteiger partial charge in [0.1, 0.15) is 23.1 Å². The van der Waals surface area contributed by atoms with Gasteiger partial charge in [0.25, 0.3) is 21.6 Å². The predicted octanol–water partition coefficient (Wildman–Crippen LogP) is 8.82. The van der Waals surface area contributed by atoms with Gasteiger partial charge in [0.05, 0.1) is 45.9 Å². The first kappa shape index (κ1) is 45.7. The number of anilines is 4. The number of fused-ring (bicyclic) bond motifs is 3. The summed E-state index contributed by atoms with van der Waals surface area (Å²) in [5.74, 6) is 0.257. The third-order valence-electron chi connectivity index (χ3n) is 16.3. The van der Waals surface area contributed by atoms with Gasteiger partial charge in [0.15, 0.2) is 0 Å². The van der Waals surface area contributed by atoms with E-state index < -0.39 is 37.5 Å². The Balaban J connectivity index is 0.859. The normalized spacial score (nSPS) is 25.5. The van der Waals surface area contributed by atoms with Gasteiger partial charge < -0.3 is 34.3 Å². The summed E-state index contributed by atoms with van der Waals surface area (Å²) in [7, 11) is -2.87. The molecule has 6 aliphatic rings. The van der Waals surface area contributed by atoms with Gasteiger partial charge in [-0.05, 0) is 130 Å². The first-order valence-corrected chi connectivity index (χ1v) is 26.1. The third-order valence-corrected chi connectivity index (χ3v) is 17.6. The average molecular weight is 959 g/mol. The molecule has 1 spiro atoms. The molecule has 6 heterocycles. The molecule has 0 unspecified atom stereocenters. The molecular formula is C52H62N8O8S. The quantitative estimate of drug-likeness (QED) is 0.0752. The highest BCUT2D eigenvalue weighted by molar-refractivity contribution is 7.90. The first-order valence-electron chi connectivity index (χ1n) is 24.6. The highest BCUT2D eigenvalue weighted by atomic mass is 32.2. The second-order valence-electron chi connectivity index (χ2n) is 21.0. The number of pyridine rings is 1. The van der Waals surface area contributed by atoms with Crippen molar-refractivity contribution in [3.63, 3.8) is 0 Å². The Bertz CT molecular complexity index is 2900. The summed E-state index contributed by atoms with van der Waals surface area (Å²) < 4.78 is 48.6. The maximum absolute atomic E-state index is 14.6. The number of hydrogen-bond acceptors (Lipinski definition) is 13. The Morgan fingerprint density at radius 3 is 2.58 bits per heavy atom. The lowest BCUT2D eigenvalue weighted by atomic mass is 9.60. The van der Waals surface area contributed by atoms with Crippen molar-refractivity contribution in [3.05, 3.63) is 106 Å². The number of nitro benzene ring substituents is 1. The summed E-state index contributed by atoms with van der Waals surface area (Å²) in [6, 6.07) is 22.7. The van der Waals surface area contributed by atoms with Gasteiger partial charge >= 0.3 is 0 Å². The van der Waals surface area contributed by atoms with E-state index in [2.05, 4.69) is 69.9 Å². The Kier molecular flexibility index (Phi) is 11.6. The van der Waals surface area contributed by atoms with Crippen LogP contribution in [0.2, 0.25) is 0 Å². The molecule has 17 heteroatoms. The lowest BCUT2D eigenvalue weighted by molar-refractivity contribution is -0.384. The molecule has 3 saturated heterocycles. The van der Waals surface area contributed by atoms with Crippen LogP contribution in [0.3, 0.4) is 0 Å². The number of hydrogen-bond donors (Lipinski definition) is 3. The minimum absolute atomic E-state index is 0.112. The lowest BCUT2D eigenvalue weighted by Crippen LogP contribution is -2.66. The van der Waals surface area contributed by atoms with Crippen molar-refractivity contribution in [1.29, 1.82) is 0 Å². The minimum Gasteiger partial charge on any atom is -0.468 e. The first-order chi connectivity index (χ1) is 33.2. The number of methoxy groups -OCH3 is 1. The average Bonchev–Trinajstić information content (AvgIpc) is 4.11. The Morgan fingerprint density at radius 1 is 1.01 bits per heavy atom. The van der Waals surface area contributed by atoms with E-state index in [1.807, 2.05) is 35.4 Å². The number of likely N-dealkylation sites (tertiary alicyclic amines) is 1. The summed E-state index contributed by atoms with van der Waals surface area (Å²) >= 11 is 0. The molecule has 11 rings (SSSR count). The second-order valence-corrected chi connectivity index (χ2v) is 22.7. The molecule has 2 aromatic heterocycles. The fourth-order valence-electron chi connectivity index (χ4n) is 12.3. The zero-order chi connectivity index (χ0) is 47.8. The molecule has 5 aromatic rings. The highest BCUT2D eigenvalue weighted by Crippen LogP contribution is 2.55. The van der Waals surface area contributed by atoms with Gasteiger partial charge in [0, 0.05) is 67.6 Å². The van der Waals surface area contributed by atoms with Crippen LogP contribution in [-0.2, 0) is 19.5 Å². The molecule has 3 aromatic carbocycles. The molecule has 3 N–H and O–H groups in total. The summed E-state index contributed by atoms with van der Waals surface area (Å²) in [5, 5.41) is 16.4. The smallest absolute Gasteiger partial charge is 0.293 e. The van der Waals surface area contributed by atoms with Crippen LogP contribution < -0.4 is 24.6 Å². The van der Waals surface area contributed by atoms with Crippen LogP contribution in [0.25, 0.3) is 11.0 Å². The van der Waals surface area contributed by atoms with Crippen LogP contribution in [0.4, 0.5) is 28.4 Å². The van der Waals surface area contributed by atoms with Crippen molar-refractivity contribution in [2.75, 3.05) is 61.6 Å². The minimum atomic E-state index is -4.60. The number of amides is 1. The van der Waals surface area contributed by atoms with Gasteiger partial charge in [-0.25, -0.2) is 13.1 Å². The van der Waals surface area contributed by atoms with Crippen molar-refractivity contribution in [1.82, 2.24) is 19.6 Å². The van der Waals surface area contributed by atoms with Gasteiger partial charge in [0.2, 0.25) is 5.88 Å². The number of H-pyrrole nitrogens is 1. The van der Waals surface area contributed by atoms with Gasteiger partial charge in [-0.1, -0.05) is 38.1 Å². The SMILES string of the molecule is COC1(C)CCC(CNc2ccc(S(=O)(=O)NC(=O)c3ccc(N4CC5(CC(N6CCC[C@H]6c6ccccc6C(C)C)C5)C4)cc3N3c4cc5cc[nH]c5nc4O[C@@H]4COC[C@H]43)cc2[N+](=O)[O-])CC1. The number of sulfonamides is 1. The number of carbonyl (C=O) groups is 1. The van der Waals surface area contributed by atoms with Crippen molar-refractivity contribution < 1.29 is 32.3 Å². The summed E-state index contributed by atoms with van der Waals surface area (Å²) in [6.07, 6.45) is 9.63. The number of nitro groups is 1. The molecule has 69 heavy (non-hydrogen) atoms. The second kappa shape index (κ2) is 17.6. The van der Waals surface area contributed by atoms with Gasteiger partial charge in [-0.2, -0.15) is 4.98 Å². The van der Waals surface area contributed by atoms with Crippen molar-refractivity contribution in [2.24, 2.45) is 11.3 Å². The molecular weight excluding hydrogens is 897 g/mol. The van der Waals surface area contributed by atoms with Crippen LogP contribution >= 0.6 is 0 Å². The Hall–Kier alpha value is -5.75. The standard InChI is InChI=1S/C52H62N8O8S/c1-32(2)38-8-5-6-9-39(38)42-10-7-21-58(42)36-25-52(26-36)30-57(31-52)35-11-13-40(43(23-35)59-45-22-34-17-20-53-48(34)55-50(45)68-47-29-67-28-46(47)59)49(61)56-69(64,65)37-12-14-41(44(24-37)60(62)63)54-27-33-15-18-51(3,66-4)19-16-33/h5-6,8-9,11-14,17,20,22-24,32-33,36,42,46-47,54H,7,10,15-16,18-19,21,25-31H2,1-4H3,(H,53,55)(H,56,61)/t33?,42-,46+,47+,51?/m0/s1. The number of benzene rings is 3. The molecule has 5 fully saturated rings. The van der Waals surface area contributed by atoms with E-state index in [0.717, 1.165) is 75.3 Å². The fraction of sp³-hybridized carbons (Fsp3) is 0.500. The molecule has 364 valence electrons. The van der Waals surface area contributed by atoms with Crippen molar-refractivity contribution in [2.45, 2.75) is 113 Å². The highest BCUT2D eigenvalue weighted by Gasteiger charge is 2.55. The summed E-state index contributed by atoms with van der Waals surface area (Å²) in [6.45, 7) is 10.7. The van der Waals surface area contributed by atoms with E-state index in [0.29, 0.717) is 60.7 Å². The van der Waals surface area contributed by atoms with E-state index in [-0.39, 0.29) is 34.2 Å². The number of aromatic nitrogens is 2.